The van der Waals surface area contributed by atoms with Gasteiger partial charge in [0.1, 0.15) is 5.75 Å². The third kappa shape index (κ3) is 3.24. The Labute approximate surface area is 131 Å². The monoisotopic (exact) mass is 304 g/mol. The van der Waals surface area contributed by atoms with Crippen LogP contribution in [-0.2, 0) is 4.79 Å². The van der Waals surface area contributed by atoms with Crippen molar-refractivity contribution in [3.05, 3.63) is 29.8 Å². The maximum atomic E-state index is 12.7. The van der Waals surface area contributed by atoms with Crippen molar-refractivity contribution in [2.24, 2.45) is 5.92 Å². The van der Waals surface area contributed by atoms with Gasteiger partial charge in [0.05, 0.1) is 12.7 Å². The van der Waals surface area contributed by atoms with Gasteiger partial charge in [-0.3, -0.25) is 9.59 Å². The number of methoxy groups -OCH3 is 1. The van der Waals surface area contributed by atoms with Gasteiger partial charge in [-0.15, -0.1) is 0 Å². The lowest BCUT2D eigenvalue weighted by atomic mass is 10.1. The van der Waals surface area contributed by atoms with Gasteiger partial charge < -0.3 is 14.5 Å². The van der Waals surface area contributed by atoms with Crippen molar-refractivity contribution in [2.45, 2.75) is 26.8 Å². The quantitative estimate of drug-likeness (QED) is 0.858. The van der Waals surface area contributed by atoms with Crippen molar-refractivity contribution in [3.8, 4) is 5.75 Å². The highest BCUT2D eigenvalue weighted by Gasteiger charge is 2.31. The summed E-state index contributed by atoms with van der Waals surface area (Å²) in [7, 11) is 1.56. The van der Waals surface area contributed by atoms with E-state index in [4.69, 9.17) is 4.74 Å². The number of para-hydroxylation sites is 1. The second-order valence-corrected chi connectivity index (χ2v) is 5.99. The molecule has 1 saturated heterocycles. The fourth-order valence-electron chi connectivity index (χ4n) is 2.80. The van der Waals surface area contributed by atoms with Crippen LogP contribution in [0.1, 0.15) is 31.1 Å². The van der Waals surface area contributed by atoms with E-state index in [-0.39, 0.29) is 23.8 Å². The lowest BCUT2D eigenvalue weighted by Crippen LogP contribution is -2.56. The van der Waals surface area contributed by atoms with Gasteiger partial charge in [-0.25, -0.2) is 0 Å². The Kier molecular flexibility index (Phi) is 5.06. The molecule has 2 rings (SSSR count). The Hall–Kier alpha value is -2.04. The van der Waals surface area contributed by atoms with Gasteiger partial charge in [-0.2, -0.15) is 0 Å². The summed E-state index contributed by atoms with van der Waals surface area (Å²) < 4.78 is 5.27. The van der Waals surface area contributed by atoms with Gasteiger partial charge in [-0.05, 0) is 19.1 Å². The SMILES string of the molecule is COc1ccccc1C(=O)N1CCN(C(=O)C(C)C)CC1C. The maximum Gasteiger partial charge on any atom is 0.257 e. The first-order valence-corrected chi connectivity index (χ1v) is 7.68. The van der Waals surface area contributed by atoms with Crippen molar-refractivity contribution in [3.63, 3.8) is 0 Å². The molecule has 1 fully saturated rings. The number of hydrogen-bond donors (Lipinski definition) is 0. The van der Waals surface area contributed by atoms with E-state index in [0.29, 0.717) is 30.9 Å². The number of amides is 2. The number of piperazine rings is 1. The molecule has 22 heavy (non-hydrogen) atoms. The molecule has 1 aromatic rings. The zero-order valence-corrected chi connectivity index (χ0v) is 13.7. The molecule has 120 valence electrons. The summed E-state index contributed by atoms with van der Waals surface area (Å²) in [6.07, 6.45) is 0. The van der Waals surface area contributed by atoms with Crippen molar-refractivity contribution in [1.82, 2.24) is 9.80 Å². The highest BCUT2D eigenvalue weighted by Crippen LogP contribution is 2.22. The second kappa shape index (κ2) is 6.81. The second-order valence-electron chi connectivity index (χ2n) is 5.99. The van der Waals surface area contributed by atoms with E-state index in [2.05, 4.69) is 0 Å². The predicted octanol–water partition coefficient (Wildman–Crippen LogP) is 2.02. The fraction of sp³-hybridized carbons (Fsp3) is 0.529. The summed E-state index contributed by atoms with van der Waals surface area (Å²) in [6, 6.07) is 7.24. The number of ether oxygens (including phenoxy) is 1. The highest BCUT2D eigenvalue weighted by atomic mass is 16.5. The first-order valence-electron chi connectivity index (χ1n) is 7.68. The topological polar surface area (TPSA) is 49.9 Å². The molecular weight excluding hydrogens is 280 g/mol. The van der Waals surface area contributed by atoms with E-state index < -0.39 is 0 Å². The first-order chi connectivity index (χ1) is 10.5. The number of hydrogen-bond acceptors (Lipinski definition) is 3. The van der Waals surface area contributed by atoms with Crippen LogP contribution in [0.25, 0.3) is 0 Å². The molecule has 0 N–H and O–H groups in total. The molecule has 1 unspecified atom stereocenters. The molecule has 0 spiro atoms. The van der Waals surface area contributed by atoms with E-state index in [9.17, 15) is 9.59 Å². The van der Waals surface area contributed by atoms with Crippen molar-refractivity contribution in [1.29, 1.82) is 0 Å². The molecule has 0 radical (unpaired) electrons. The fourth-order valence-corrected chi connectivity index (χ4v) is 2.80. The Morgan fingerprint density at radius 3 is 2.50 bits per heavy atom. The largest absolute Gasteiger partial charge is 0.496 e. The number of carbonyl (C=O) groups excluding carboxylic acids is 2. The van der Waals surface area contributed by atoms with Crippen LogP contribution >= 0.6 is 0 Å². The van der Waals surface area contributed by atoms with E-state index in [1.807, 2.05) is 42.7 Å². The molecule has 1 atom stereocenters. The summed E-state index contributed by atoms with van der Waals surface area (Å²) in [4.78, 5) is 28.5. The molecule has 1 aliphatic rings. The number of rotatable bonds is 3. The van der Waals surface area contributed by atoms with Crippen molar-refractivity contribution < 1.29 is 14.3 Å². The first kappa shape index (κ1) is 16.3. The van der Waals surface area contributed by atoms with Crippen LogP contribution in [0.2, 0.25) is 0 Å². The Morgan fingerprint density at radius 2 is 1.91 bits per heavy atom. The normalized spacial score (nSPS) is 18.5. The lowest BCUT2D eigenvalue weighted by Gasteiger charge is -2.40. The average Bonchev–Trinajstić information content (AvgIpc) is 2.53. The van der Waals surface area contributed by atoms with Crippen LogP contribution < -0.4 is 4.74 Å². The molecule has 5 nitrogen and oxygen atoms in total. The van der Waals surface area contributed by atoms with Crippen molar-refractivity contribution >= 4 is 11.8 Å². The zero-order chi connectivity index (χ0) is 16.3. The molecule has 1 aromatic carbocycles. The van der Waals surface area contributed by atoms with E-state index in [0.717, 1.165) is 0 Å². The van der Waals surface area contributed by atoms with Crippen molar-refractivity contribution in [2.75, 3.05) is 26.7 Å². The molecule has 0 saturated carbocycles. The molecule has 0 aliphatic carbocycles. The van der Waals surface area contributed by atoms with Gasteiger partial charge >= 0.3 is 0 Å². The van der Waals surface area contributed by atoms with Crippen LogP contribution in [0.3, 0.4) is 0 Å². The predicted molar refractivity (Wildman–Crippen MR) is 84.9 cm³/mol. The van der Waals surface area contributed by atoms with Gasteiger partial charge in [0.15, 0.2) is 0 Å². The van der Waals surface area contributed by atoms with Crippen LogP contribution in [0.4, 0.5) is 0 Å². The van der Waals surface area contributed by atoms with Gasteiger partial charge in [-0.1, -0.05) is 26.0 Å². The Bertz CT molecular complexity index is 557. The molecule has 2 amide bonds. The standard InChI is InChI=1S/C17H24N2O3/c1-12(2)16(20)18-9-10-19(13(3)11-18)17(21)14-7-5-6-8-15(14)22-4/h5-8,12-13H,9-11H2,1-4H3. The van der Waals surface area contributed by atoms with Gasteiger partial charge in [0.2, 0.25) is 5.91 Å². The zero-order valence-electron chi connectivity index (χ0n) is 13.7. The van der Waals surface area contributed by atoms with E-state index in [1.165, 1.54) is 0 Å². The van der Waals surface area contributed by atoms with E-state index >= 15 is 0 Å². The summed E-state index contributed by atoms with van der Waals surface area (Å²) in [5.41, 5.74) is 0.570. The third-order valence-electron chi connectivity index (χ3n) is 4.03. The number of carbonyl (C=O) groups is 2. The summed E-state index contributed by atoms with van der Waals surface area (Å²) in [5.74, 6) is 0.682. The average molecular weight is 304 g/mol. The summed E-state index contributed by atoms with van der Waals surface area (Å²) in [6.45, 7) is 7.50. The maximum absolute atomic E-state index is 12.7. The number of benzene rings is 1. The summed E-state index contributed by atoms with van der Waals surface area (Å²) in [5, 5.41) is 0. The van der Waals surface area contributed by atoms with Crippen LogP contribution in [-0.4, -0.2) is 54.4 Å². The molecule has 0 aromatic heterocycles. The van der Waals surface area contributed by atoms with Gasteiger partial charge in [0, 0.05) is 31.6 Å². The highest BCUT2D eigenvalue weighted by molar-refractivity contribution is 5.97. The minimum Gasteiger partial charge on any atom is -0.496 e. The van der Waals surface area contributed by atoms with Crippen LogP contribution in [0, 0.1) is 5.92 Å². The number of nitrogens with zero attached hydrogens (tertiary/aromatic N) is 2. The molecule has 1 heterocycles. The van der Waals surface area contributed by atoms with Gasteiger partial charge in [0.25, 0.3) is 5.91 Å². The Morgan fingerprint density at radius 1 is 1.23 bits per heavy atom. The van der Waals surface area contributed by atoms with Crippen LogP contribution in [0.15, 0.2) is 24.3 Å². The minimum absolute atomic E-state index is 0.00568. The summed E-state index contributed by atoms with van der Waals surface area (Å²) >= 11 is 0. The molecule has 1 aliphatic heterocycles. The molecule has 5 heteroatoms. The lowest BCUT2D eigenvalue weighted by molar-refractivity contribution is -0.136. The third-order valence-corrected chi connectivity index (χ3v) is 4.03. The Balaban J connectivity index is 2.11. The molecular formula is C17H24N2O3. The van der Waals surface area contributed by atoms with Crippen LogP contribution in [0.5, 0.6) is 5.75 Å². The van der Waals surface area contributed by atoms with E-state index in [1.54, 1.807) is 19.2 Å². The molecule has 0 bridgehead atoms. The smallest absolute Gasteiger partial charge is 0.257 e. The minimum atomic E-state index is -0.0402.